The summed E-state index contributed by atoms with van der Waals surface area (Å²) in [4.78, 5) is 9.05. The summed E-state index contributed by atoms with van der Waals surface area (Å²) in [6, 6.07) is 8.68. The lowest BCUT2D eigenvalue weighted by atomic mass is 10.1. The number of anilines is 2. The van der Waals surface area contributed by atoms with Crippen molar-refractivity contribution in [3.63, 3.8) is 0 Å². The SMILES string of the molecule is CNc1nc(NC2CCSCC2)c2ccccc2n1. The number of nitrogens with zero attached hydrogens (tertiary/aromatic N) is 2. The average molecular weight is 274 g/mol. The molecule has 2 aromatic rings. The van der Waals surface area contributed by atoms with Crippen LogP contribution in [0.5, 0.6) is 0 Å². The first-order chi connectivity index (χ1) is 9.36. The van der Waals surface area contributed by atoms with Gasteiger partial charge in [-0.25, -0.2) is 4.98 Å². The third-order valence-corrected chi connectivity index (χ3v) is 4.44. The number of aromatic nitrogens is 2. The topological polar surface area (TPSA) is 49.8 Å². The summed E-state index contributed by atoms with van der Waals surface area (Å²) >= 11 is 2.04. The first-order valence-electron chi connectivity index (χ1n) is 6.65. The summed E-state index contributed by atoms with van der Waals surface area (Å²) < 4.78 is 0. The number of fused-ring (bicyclic) bond motifs is 1. The zero-order valence-electron chi connectivity index (χ0n) is 11.0. The average Bonchev–Trinajstić information content (AvgIpc) is 2.48. The number of benzene rings is 1. The molecule has 0 saturated carbocycles. The van der Waals surface area contributed by atoms with Crippen LogP contribution < -0.4 is 10.6 Å². The molecular formula is C14H18N4S. The van der Waals surface area contributed by atoms with E-state index in [9.17, 15) is 0 Å². The van der Waals surface area contributed by atoms with Crippen molar-refractivity contribution in [3.05, 3.63) is 24.3 Å². The first-order valence-corrected chi connectivity index (χ1v) is 7.81. The highest BCUT2D eigenvalue weighted by Gasteiger charge is 2.15. The predicted octanol–water partition coefficient (Wildman–Crippen LogP) is 2.98. The fraction of sp³-hybridized carbons (Fsp3) is 0.429. The smallest absolute Gasteiger partial charge is 0.224 e. The molecule has 1 fully saturated rings. The van der Waals surface area contributed by atoms with E-state index in [1.165, 1.54) is 24.3 Å². The molecule has 1 aromatic heterocycles. The van der Waals surface area contributed by atoms with Crippen LogP contribution in [0, 0.1) is 0 Å². The van der Waals surface area contributed by atoms with Crippen LogP contribution in [0.3, 0.4) is 0 Å². The van der Waals surface area contributed by atoms with Gasteiger partial charge >= 0.3 is 0 Å². The Hall–Kier alpha value is -1.49. The Kier molecular flexibility index (Phi) is 3.73. The normalized spacial score (nSPS) is 16.5. The van der Waals surface area contributed by atoms with Gasteiger partial charge in [-0.3, -0.25) is 0 Å². The highest BCUT2D eigenvalue weighted by atomic mass is 32.2. The second kappa shape index (κ2) is 5.65. The van der Waals surface area contributed by atoms with E-state index < -0.39 is 0 Å². The van der Waals surface area contributed by atoms with Crippen molar-refractivity contribution in [1.29, 1.82) is 0 Å². The molecular weight excluding hydrogens is 256 g/mol. The minimum absolute atomic E-state index is 0.532. The van der Waals surface area contributed by atoms with Gasteiger partial charge in [0.15, 0.2) is 0 Å². The van der Waals surface area contributed by atoms with Gasteiger partial charge in [0.25, 0.3) is 0 Å². The zero-order valence-corrected chi connectivity index (χ0v) is 11.8. The van der Waals surface area contributed by atoms with Crippen LogP contribution >= 0.6 is 11.8 Å². The van der Waals surface area contributed by atoms with E-state index in [2.05, 4.69) is 26.7 Å². The van der Waals surface area contributed by atoms with Crippen molar-refractivity contribution in [2.24, 2.45) is 0 Å². The zero-order chi connectivity index (χ0) is 13.1. The molecule has 3 rings (SSSR count). The van der Waals surface area contributed by atoms with E-state index in [1.54, 1.807) is 0 Å². The van der Waals surface area contributed by atoms with Crippen LogP contribution in [0.15, 0.2) is 24.3 Å². The van der Waals surface area contributed by atoms with E-state index >= 15 is 0 Å². The van der Waals surface area contributed by atoms with Crippen LogP contribution in [0.2, 0.25) is 0 Å². The second-order valence-electron chi connectivity index (χ2n) is 4.69. The summed E-state index contributed by atoms with van der Waals surface area (Å²) in [7, 11) is 1.85. The molecule has 0 radical (unpaired) electrons. The van der Waals surface area contributed by atoms with E-state index in [-0.39, 0.29) is 0 Å². The molecule has 1 aliphatic heterocycles. The molecule has 2 heterocycles. The van der Waals surface area contributed by atoms with Gasteiger partial charge in [-0.2, -0.15) is 16.7 Å². The van der Waals surface area contributed by atoms with Crippen molar-refractivity contribution in [3.8, 4) is 0 Å². The molecule has 2 N–H and O–H groups in total. The summed E-state index contributed by atoms with van der Waals surface area (Å²) in [5.41, 5.74) is 0.981. The van der Waals surface area contributed by atoms with Crippen LogP contribution in [0.4, 0.5) is 11.8 Å². The summed E-state index contributed by atoms with van der Waals surface area (Å²) in [6.45, 7) is 0. The van der Waals surface area contributed by atoms with Crippen molar-refractivity contribution < 1.29 is 0 Å². The van der Waals surface area contributed by atoms with E-state index in [0.717, 1.165) is 16.7 Å². The molecule has 19 heavy (non-hydrogen) atoms. The van der Waals surface area contributed by atoms with Gasteiger partial charge in [-0.1, -0.05) is 12.1 Å². The summed E-state index contributed by atoms with van der Waals surface area (Å²) in [5.74, 6) is 4.09. The predicted molar refractivity (Wildman–Crippen MR) is 83.1 cm³/mol. The lowest BCUT2D eigenvalue weighted by Crippen LogP contribution is -2.25. The van der Waals surface area contributed by atoms with Crippen molar-refractivity contribution >= 4 is 34.4 Å². The third-order valence-electron chi connectivity index (χ3n) is 3.39. The van der Waals surface area contributed by atoms with E-state index in [1.807, 2.05) is 37.0 Å². The van der Waals surface area contributed by atoms with Crippen molar-refractivity contribution in [1.82, 2.24) is 9.97 Å². The van der Waals surface area contributed by atoms with E-state index in [4.69, 9.17) is 0 Å². The second-order valence-corrected chi connectivity index (χ2v) is 5.92. The van der Waals surface area contributed by atoms with Gasteiger partial charge in [-0.05, 0) is 36.5 Å². The Morgan fingerprint density at radius 3 is 2.74 bits per heavy atom. The van der Waals surface area contributed by atoms with Gasteiger partial charge in [-0.15, -0.1) is 0 Å². The Bertz CT molecular complexity index is 566. The highest BCUT2D eigenvalue weighted by molar-refractivity contribution is 7.99. The molecule has 0 unspecified atom stereocenters. The quantitative estimate of drug-likeness (QED) is 0.901. The molecule has 0 spiro atoms. The van der Waals surface area contributed by atoms with Crippen LogP contribution in [-0.4, -0.2) is 34.6 Å². The fourth-order valence-corrected chi connectivity index (χ4v) is 3.44. The van der Waals surface area contributed by atoms with Gasteiger partial charge in [0.05, 0.1) is 5.52 Å². The molecule has 0 amide bonds. The fourth-order valence-electron chi connectivity index (χ4n) is 2.33. The number of para-hydroxylation sites is 1. The van der Waals surface area contributed by atoms with Gasteiger partial charge < -0.3 is 10.6 Å². The van der Waals surface area contributed by atoms with E-state index in [0.29, 0.717) is 12.0 Å². The molecule has 5 heteroatoms. The molecule has 1 aromatic carbocycles. The molecule has 0 aliphatic carbocycles. The van der Waals surface area contributed by atoms with Crippen molar-refractivity contribution in [2.45, 2.75) is 18.9 Å². The third kappa shape index (κ3) is 2.76. The highest BCUT2D eigenvalue weighted by Crippen LogP contribution is 2.25. The van der Waals surface area contributed by atoms with Crippen LogP contribution in [-0.2, 0) is 0 Å². The van der Waals surface area contributed by atoms with Gasteiger partial charge in [0.2, 0.25) is 5.95 Å². The Balaban J connectivity index is 1.95. The maximum Gasteiger partial charge on any atom is 0.224 e. The number of thioether (sulfide) groups is 1. The Morgan fingerprint density at radius 1 is 1.16 bits per heavy atom. The maximum absolute atomic E-state index is 4.57. The minimum Gasteiger partial charge on any atom is -0.367 e. The molecule has 100 valence electrons. The lowest BCUT2D eigenvalue weighted by Gasteiger charge is -2.23. The number of hydrogen-bond acceptors (Lipinski definition) is 5. The summed E-state index contributed by atoms with van der Waals surface area (Å²) in [6.07, 6.45) is 2.41. The molecule has 0 atom stereocenters. The molecule has 4 nitrogen and oxygen atoms in total. The van der Waals surface area contributed by atoms with Crippen molar-refractivity contribution in [2.75, 3.05) is 29.2 Å². The standard InChI is InChI=1S/C14H18N4S/c1-15-14-17-12-5-3-2-4-11(12)13(18-14)16-10-6-8-19-9-7-10/h2-5,10H,6-9H2,1H3,(H2,15,16,17,18). The minimum atomic E-state index is 0.532. The first kappa shape index (κ1) is 12.5. The van der Waals surface area contributed by atoms with Gasteiger partial charge in [0.1, 0.15) is 5.82 Å². The Morgan fingerprint density at radius 2 is 1.95 bits per heavy atom. The monoisotopic (exact) mass is 274 g/mol. The lowest BCUT2D eigenvalue weighted by molar-refractivity contribution is 0.664. The number of nitrogens with one attached hydrogen (secondary N) is 2. The van der Waals surface area contributed by atoms with Crippen LogP contribution in [0.1, 0.15) is 12.8 Å². The molecule has 0 bridgehead atoms. The Labute approximate surface area is 117 Å². The van der Waals surface area contributed by atoms with Crippen LogP contribution in [0.25, 0.3) is 10.9 Å². The largest absolute Gasteiger partial charge is 0.367 e. The van der Waals surface area contributed by atoms with Gasteiger partial charge in [0, 0.05) is 18.5 Å². The molecule has 1 aliphatic rings. The summed E-state index contributed by atoms with van der Waals surface area (Å²) in [5, 5.41) is 7.72. The number of rotatable bonds is 3. The number of hydrogen-bond donors (Lipinski definition) is 2. The molecule has 1 saturated heterocycles. The maximum atomic E-state index is 4.57.